The van der Waals surface area contributed by atoms with E-state index in [0.29, 0.717) is 23.6 Å². The first-order valence-corrected chi connectivity index (χ1v) is 8.85. The Labute approximate surface area is 130 Å². The Morgan fingerprint density at radius 2 is 2.05 bits per heavy atom. The van der Waals surface area contributed by atoms with Crippen LogP contribution in [0.5, 0.6) is 0 Å². The Kier molecular flexibility index (Phi) is 5.24. The lowest BCUT2D eigenvalue weighted by atomic mass is 9.99. The molecule has 0 aromatic heterocycles. The number of hydrogen-bond donors (Lipinski definition) is 1. The second-order valence-electron chi connectivity index (χ2n) is 5.19. The van der Waals surface area contributed by atoms with Gasteiger partial charge in [-0.05, 0) is 30.5 Å². The van der Waals surface area contributed by atoms with Crippen LogP contribution >= 0.6 is 11.6 Å². The lowest BCUT2D eigenvalue weighted by Crippen LogP contribution is -2.45. The summed E-state index contributed by atoms with van der Waals surface area (Å²) in [5, 5.41) is 3.17. The summed E-state index contributed by atoms with van der Waals surface area (Å²) in [6.07, 6.45) is 1.44. The first kappa shape index (κ1) is 16.3. The van der Waals surface area contributed by atoms with Crippen molar-refractivity contribution in [2.75, 3.05) is 20.1 Å². The van der Waals surface area contributed by atoms with Gasteiger partial charge in [-0.3, -0.25) is 4.79 Å². The number of nitrogens with zero attached hydrogens (tertiary/aromatic N) is 1. The van der Waals surface area contributed by atoms with Crippen molar-refractivity contribution in [3.8, 4) is 0 Å². The molecule has 116 valence electrons. The molecule has 7 heteroatoms. The van der Waals surface area contributed by atoms with E-state index in [1.807, 2.05) is 0 Å². The van der Waals surface area contributed by atoms with Crippen molar-refractivity contribution in [1.82, 2.24) is 9.62 Å². The summed E-state index contributed by atoms with van der Waals surface area (Å²) in [5.41, 5.74) is 0.696. The number of rotatable bonds is 4. The monoisotopic (exact) mass is 330 g/mol. The van der Waals surface area contributed by atoms with Gasteiger partial charge in [0, 0.05) is 25.2 Å². The number of carbonyl (C=O) groups is 1. The van der Waals surface area contributed by atoms with Gasteiger partial charge < -0.3 is 5.32 Å². The van der Waals surface area contributed by atoms with E-state index >= 15 is 0 Å². The van der Waals surface area contributed by atoms with E-state index in [4.69, 9.17) is 11.6 Å². The highest BCUT2D eigenvalue weighted by Gasteiger charge is 2.31. The fourth-order valence-corrected chi connectivity index (χ4v) is 4.23. The molecule has 0 saturated carbocycles. The van der Waals surface area contributed by atoms with Gasteiger partial charge in [-0.1, -0.05) is 23.7 Å². The van der Waals surface area contributed by atoms with Gasteiger partial charge in [0.05, 0.1) is 11.7 Å². The third kappa shape index (κ3) is 4.18. The van der Waals surface area contributed by atoms with E-state index in [0.717, 1.165) is 6.42 Å². The molecule has 1 amide bonds. The number of piperidine rings is 1. The van der Waals surface area contributed by atoms with Gasteiger partial charge in [0.25, 0.3) is 0 Å². The number of carbonyl (C=O) groups excluding carboxylic acids is 1. The molecule has 2 rings (SSSR count). The van der Waals surface area contributed by atoms with Gasteiger partial charge in [0.15, 0.2) is 0 Å². The highest BCUT2D eigenvalue weighted by molar-refractivity contribution is 7.88. The van der Waals surface area contributed by atoms with Crippen molar-refractivity contribution in [3.05, 3.63) is 34.9 Å². The van der Waals surface area contributed by atoms with Crippen LogP contribution in [-0.4, -0.2) is 38.8 Å². The Bertz CT molecular complexity index is 601. The molecule has 1 saturated heterocycles. The number of halogens is 1. The smallest absolute Gasteiger partial charge is 0.224 e. The number of sulfonamides is 1. The van der Waals surface area contributed by atoms with Crippen molar-refractivity contribution >= 4 is 27.5 Å². The maximum atomic E-state index is 12.5. The van der Waals surface area contributed by atoms with Crippen LogP contribution in [0.4, 0.5) is 0 Å². The predicted molar refractivity (Wildman–Crippen MR) is 82.4 cm³/mol. The van der Waals surface area contributed by atoms with E-state index in [9.17, 15) is 13.2 Å². The summed E-state index contributed by atoms with van der Waals surface area (Å²) < 4.78 is 26.3. The molecular formula is C14H19ClN2O3S. The molecule has 1 aromatic carbocycles. The van der Waals surface area contributed by atoms with Gasteiger partial charge in [-0.2, -0.15) is 0 Å². The van der Waals surface area contributed by atoms with Crippen molar-refractivity contribution in [3.63, 3.8) is 0 Å². The van der Waals surface area contributed by atoms with Crippen LogP contribution in [0.3, 0.4) is 0 Å². The minimum atomic E-state index is -3.41. The average Bonchev–Trinajstić information content (AvgIpc) is 2.49. The Hall–Kier alpha value is -1.11. The number of amides is 1. The highest BCUT2D eigenvalue weighted by Crippen LogP contribution is 2.22. The molecule has 1 N–H and O–H groups in total. The minimum Gasteiger partial charge on any atom is -0.359 e. The lowest BCUT2D eigenvalue weighted by molar-refractivity contribution is -0.125. The fourth-order valence-electron chi connectivity index (χ4n) is 2.50. The van der Waals surface area contributed by atoms with Crippen LogP contribution in [-0.2, 0) is 20.6 Å². The topological polar surface area (TPSA) is 66.5 Å². The molecule has 1 aromatic rings. The average molecular weight is 331 g/mol. The summed E-state index contributed by atoms with van der Waals surface area (Å²) in [5.74, 6) is -0.421. The summed E-state index contributed by atoms with van der Waals surface area (Å²) in [7, 11) is -1.84. The second kappa shape index (κ2) is 6.77. The van der Waals surface area contributed by atoms with Gasteiger partial charge in [0.1, 0.15) is 0 Å². The predicted octanol–water partition coefficient (Wildman–Crippen LogP) is 1.63. The summed E-state index contributed by atoms with van der Waals surface area (Å²) in [4.78, 5) is 11.7. The van der Waals surface area contributed by atoms with Crippen LogP contribution < -0.4 is 5.32 Å². The van der Waals surface area contributed by atoms with E-state index < -0.39 is 10.0 Å². The Morgan fingerprint density at radius 1 is 1.38 bits per heavy atom. The van der Waals surface area contributed by atoms with Crippen molar-refractivity contribution in [1.29, 1.82) is 0 Å². The summed E-state index contributed by atoms with van der Waals surface area (Å²) >= 11 is 5.80. The van der Waals surface area contributed by atoms with Crippen LogP contribution in [0.15, 0.2) is 24.3 Å². The number of nitrogens with one attached hydrogen (secondary N) is 1. The standard InChI is InChI=1S/C14H19ClN2O3S/c1-16-14(18)12-3-2-8-17(9-12)21(19,20)10-11-4-6-13(15)7-5-11/h4-7,12H,2-3,8-10H2,1H3,(H,16,18). The SMILES string of the molecule is CNC(=O)C1CCCN(S(=O)(=O)Cc2ccc(Cl)cc2)C1. The Morgan fingerprint density at radius 3 is 2.67 bits per heavy atom. The maximum Gasteiger partial charge on any atom is 0.224 e. The van der Waals surface area contributed by atoms with Crippen LogP contribution in [0.2, 0.25) is 5.02 Å². The van der Waals surface area contributed by atoms with Gasteiger partial charge in [-0.15, -0.1) is 0 Å². The number of benzene rings is 1. The van der Waals surface area contributed by atoms with Gasteiger partial charge >= 0.3 is 0 Å². The molecule has 0 bridgehead atoms. The molecule has 1 fully saturated rings. The molecule has 1 atom stereocenters. The zero-order valence-electron chi connectivity index (χ0n) is 11.9. The van der Waals surface area contributed by atoms with E-state index in [1.165, 1.54) is 4.31 Å². The van der Waals surface area contributed by atoms with Crippen LogP contribution in [0, 0.1) is 5.92 Å². The minimum absolute atomic E-state index is 0.0648. The third-order valence-corrected chi connectivity index (χ3v) is 5.73. The van der Waals surface area contributed by atoms with E-state index in [1.54, 1.807) is 31.3 Å². The largest absolute Gasteiger partial charge is 0.359 e. The second-order valence-corrected chi connectivity index (χ2v) is 7.60. The third-order valence-electron chi connectivity index (χ3n) is 3.66. The maximum absolute atomic E-state index is 12.5. The summed E-state index contributed by atoms with van der Waals surface area (Å²) in [6, 6.07) is 6.77. The first-order valence-electron chi connectivity index (χ1n) is 6.86. The van der Waals surface area contributed by atoms with Crippen molar-refractivity contribution in [2.45, 2.75) is 18.6 Å². The molecular weight excluding hydrogens is 312 g/mol. The molecule has 0 aliphatic carbocycles. The molecule has 1 aliphatic heterocycles. The molecule has 1 unspecified atom stereocenters. The van der Waals surface area contributed by atoms with Crippen LogP contribution in [0.1, 0.15) is 18.4 Å². The molecule has 0 spiro atoms. The van der Waals surface area contributed by atoms with Crippen molar-refractivity contribution < 1.29 is 13.2 Å². The fraction of sp³-hybridized carbons (Fsp3) is 0.500. The summed E-state index contributed by atoms with van der Waals surface area (Å²) in [6.45, 7) is 0.735. The van der Waals surface area contributed by atoms with E-state index in [2.05, 4.69) is 5.32 Å². The van der Waals surface area contributed by atoms with Crippen molar-refractivity contribution in [2.24, 2.45) is 5.92 Å². The number of hydrogen-bond acceptors (Lipinski definition) is 3. The lowest BCUT2D eigenvalue weighted by Gasteiger charge is -2.31. The zero-order chi connectivity index (χ0) is 15.5. The molecule has 0 radical (unpaired) electrons. The quantitative estimate of drug-likeness (QED) is 0.912. The Balaban J connectivity index is 2.08. The van der Waals surface area contributed by atoms with Gasteiger partial charge in [-0.25, -0.2) is 12.7 Å². The highest BCUT2D eigenvalue weighted by atomic mass is 35.5. The van der Waals surface area contributed by atoms with Crippen LogP contribution in [0.25, 0.3) is 0 Å². The molecule has 1 heterocycles. The van der Waals surface area contributed by atoms with E-state index in [-0.39, 0.29) is 24.1 Å². The zero-order valence-corrected chi connectivity index (χ0v) is 13.5. The molecule has 21 heavy (non-hydrogen) atoms. The molecule has 1 aliphatic rings. The molecule has 5 nitrogen and oxygen atoms in total. The van der Waals surface area contributed by atoms with Gasteiger partial charge in [0.2, 0.25) is 15.9 Å². The normalized spacial score (nSPS) is 20.2. The first-order chi connectivity index (χ1) is 9.92.